The molecule has 1 aromatic carbocycles. The number of pyridine rings is 1. The lowest BCUT2D eigenvalue weighted by atomic mass is 10.3. The van der Waals surface area contributed by atoms with E-state index >= 15 is 0 Å². The molecule has 0 amide bonds. The molecule has 0 saturated carbocycles. The summed E-state index contributed by atoms with van der Waals surface area (Å²) < 4.78 is 15.8. The molecule has 0 spiro atoms. The molecule has 7 heteroatoms. The van der Waals surface area contributed by atoms with Crippen molar-refractivity contribution < 1.29 is 14.2 Å². The molecule has 1 aromatic heterocycles. The van der Waals surface area contributed by atoms with E-state index in [2.05, 4.69) is 15.6 Å². The van der Waals surface area contributed by atoms with Crippen LogP contribution < -0.4 is 24.8 Å². The van der Waals surface area contributed by atoms with Gasteiger partial charge in [-0.25, -0.2) is 4.98 Å². The van der Waals surface area contributed by atoms with Gasteiger partial charge in [0.2, 0.25) is 5.88 Å². The molecule has 128 valence electrons. The molecule has 6 nitrogen and oxygen atoms in total. The number of ether oxygens (including phenoxy) is 3. The molecule has 1 heterocycles. The summed E-state index contributed by atoms with van der Waals surface area (Å²) >= 11 is 5.28. The zero-order valence-electron chi connectivity index (χ0n) is 13.9. The van der Waals surface area contributed by atoms with E-state index in [9.17, 15) is 0 Å². The maximum absolute atomic E-state index is 5.71. The van der Waals surface area contributed by atoms with Crippen molar-refractivity contribution in [3.05, 3.63) is 42.6 Å². The van der Waals surface area contributed by atoms with Gasteiger partial charge in [0.05, 0.1) is 32.1 Å². The Hall–Kier alpha value is -2.54. The summed E-state index contributed by atoms with van der Waals surface area (Å²) in [5.41, 5.74) is 0.788. The average molecular weight is 347 g/mol. The predicted octanol–water partition coefficient (Wildman–Crippen LogP) is 2.85. The fraction of sp³-hybridized carbons (Fsp3) is 0.294. The number of hydrogen-bond donors (Lipinski definition) is 2. The maximum atomic E-state index is 5.71. The van der Waals surface area contributed by atoms with Gasteiger partial charge in [0.15, 0.2) is 5.11 Å². The number of anilines is 1. The van der Waals surface area contributed by atoms with Gasteiger partial charge in [-0.05, 0) is 49.5 Å². The lowest BCUT2D eigenvalue weighted by Gasteiger charge is -2.17. The molecule has 0 unspecified atom stereocenters. The summed E-state index contributed by atoms with van der Waals surface area (Å²) in [4.78, 5) is 4.11. The Morgan fingerprint density at radius 1 is 1.08 bits per heavy atom. The fourth-order valence-corrected chi connectivity index (χ4v) is 2.22. The Morgan fingerprint density at radius 3 is 2.38 bits per heavy atom. The lowest BCUT2D eigenvalue weighted by Crippen LogP contribution is -2.39. The predicted molar refractivity (Wildman–Crippen MR) is 98.1 cm³/mol. The Kier molecular flexibility index (Phi) is 6.62. The van der Waals surface area contributed by atoms with E-state index in [1.54, 1.807) is 26.5 Å². The lowest BCUT2D eigenvalue weighted by molar-refractivity contribution is 0.286. The van der Waals surface area contributed by atoms with Crippen molar-refractivity contribution in [3.63, 3.8) is 0 Å². The number of rotatable bonds is 7. The van der Waals surface area contributed by atoms with Crippen LogP contribution in [0.15, 0.2) is 42.6 Å². The Labute approximate surface area is 147 Å². The molecule has 0 bridgehead atoms. The van der Waals surface area contributed by atoms with Crippen LogP contribution >= 0.6 is 12.2 Å². The van der Waals surface area contributed by atoms with Gasteiger partial charge < -0.3 is 24.8 Å². The van der Waals surface area contributed by atoms with E-state index in [-0.39, 0.29) is 6.04 Å². The first-order valence-corrected chi connectivity index (χ1v) is 7.86. The Balaban J connectivity index is 1.75. The van der Waals surface area contributed by atoms with Crippen molar-refractivity contribution in [2.24, 2.45) is 0 Å². The number of methoxy groups -OCH3 is 2. The van der Waals surface area contributed by atoms with Gasteiger partial charge in [0.1, 0.15) is 18.1 Å². The molecule has 24 heavy (non-hydrogen) atoms. The van der Waals surface area contributed by atoms with E-state index in [0.29, 0.717) is 17.6 Å². The first kappa shape index (κ1) is 17.8. The van der Waals surface area contributed by atoms with Crippen molar-refractivity contribution in [1.82, 2.24) is 10.3 Å². The van der Waals surface area contributed by atoms with E-state index in [1.165, 1.54) is 0 Å². The summed E-state index contributed by atoms with van der Waals surface area (Å²) in [6.45, 7) is 2.47. The van der Waals surface area contributed by atoms with Gasteiger partial charge in [-0.15, -0.1) is 0 Å². The Morgan fingerprint density at radius 2 is 1.79 bits per heavy atom. The minimum atomic E-state index is 0.0401. The van der Waals surface area contributed by atoms with Crippen molar-refractivity contribution in [3.8, 4) is 17.4 Å². The molecule has 0 aliphatic rings. The molecule has 0 aliphatic carbocycles. The number of benzene rings is 1. The number of hydrogen-bond acceptors (Lipinski definition) is 5. The van der Waals surface area contributed by atoms with E-state index in [0.717, 1.165) is 17.2 Å². The SMILES string of the molecule is COc1ccc(OC[C@@H](C)NC(=S)Nc2ccc(OC)nc2)cc1. The van der Waals surface area contributed by atoms with Crippen molar-refractivity contribution in [2.75, 3.05) is 26.1 Å². The molecule has 2 rings (SSSR count). The highest BCUT2D eigenvalue weighted by Crippen LogP contribution is 2.17. The van der Waals surface area contributed by atoms with Gasteiger partial charge in [-0.1, -0.05) is 0 Å². The Bertz CT molecular complexity index is 647. The summed E-state index contributed by atoms with van der Waals surface area (Å²) in [5, 5.41) is 6.74. The van der Waals surface area contributed by atoms with Crippen LogP contribution in [0.3, 0.4) is 0 Å². The molecule has 2 N–H and O–H groups in total. The summed E-state index contributed by atoms with van der Waals surface area (Å²) in [6, 6.07) is 11.1. The third-order valence-electron chi connectivity index (χ3n) is 3.14. The van der Waals surface area contributed by atoms with Gasteiger partial charge in [0, 0.05) is 6.07 Å². The van der Waals surface area contributed by atoms with Crippen LogP contribution in [0.25, 0.3) is 0 Å². The number of nitrogens with one attached hydrogen (secondary N) is 2. The standard InChI is InChI=1S/C17H21N3O3S/c1-12(11-23-15-7-5-14(21-2)6-8-15)19-17(24)20-13-4-9-16(22-3)18-10-13/h4-10,12H,11H2,1-3H3,(H2,19,20,24)/t12-/m1/s1. The highest BCUT2D eigenvalue weighted by Gasteiger charge is 2.06. The second-order valence-corrected chi connectivity index (χ2v) is 5.48. The second kappa shape index (κ2) is 8.93. The van der Waals surface area contributed by atoms with Crippen molar-refractivity contribution in [1.29, 1.82) is 0 Å². The minimum Gasteiger partial charge on any atom is -0.497 e. The van der Waals surface area contributed by atoms with Crippen LogP contribution in [-0.4, -0.2) is 37.0 Å². The van der Waals surface area contributed by atoms with Crippen molar-refractivity contribution >= 4 is 23.0 Å². The van der Waals surface area contributed by atoms with Gasteiger partial charge in [-0.3, -0.25) is 0 Å². The number of aromatic nitrogens is 1. The second-order valence-electron chi connectivity index (χ2n) is 5.08. The summed E-state index contributed by atoms with van der Waals surface area (Å²) in [6.07, 6.45) is 1.66. The molecule has 0 aliphatic heterocycles. The van der Waals surface area contributed by atoms with Crippen molar-refractivity contribution in [2.45, 2.75) is 13.0 Å². The summed E-state index contributed by atoms with van der Waals surface area (Å²) in [7, 11) is 3.21. The third-order valence-corrected chi connectivity index (χ3v) is 3.36. The van der Waals surface area contributed by atoms with E-state index in [1.807, 2.05) is 37.3 Å². The monoisotopic (exact) mass is 347 g/mol. The first-order chi connectivity index (χ1) is 11.6. The molecule has 1 atom stereocenters. The van der Waals surface area contributed by atoms with Crippen LogP contribution in [0, 0.1) is 0 Å². The smallest absolute Gasteiger partial charge is 0.213 e. The zero-order chi connectivity index (χ0) is 17.4. The average Bonchev–Trinajstić information content (AvgIpc) is 2.61. The largest absolute Gasteiger partial charge is 0.497 e. The fourth-order valence-electron chi connectivity index (χ4n) is 1.90. The number of nitrogens with zero attached hydrogens (tertiary/aromatic N) is 1. The molecule has 0 radical (unpaired) electrons. The van der Waals surface area contributed by atoms with Gasteiger partial charge in [0.25, 0.3) is 0 Å². The van der Waals surface area contributed by atoms with Crippen LogP contribution in [0.4, 0.5) is 5.69 Å². The minimum absolute atomic E-state index is 0.0401. The zero-order valence-corrected chi connectivity index (χ0v) is 14.7. The van der Waals surface area contributed by atoms with Gasteiger partial charge in [-0.2, -0.15) is 0 Å². The van der Waals surface area contributed by atoms with Gasteiger partial charge >= 0.3 is 0 Å². The molecule has 0 fully saturated rings. The third kappa shape index (κ3) is 5.58. The van der Waals surface area contributed by atoms with E-state index in [4.69, 9.17) is 26.4 Å². The molecular formula is C17H21N3O3S. The molecular weight excluding hydrogens is 326 g/mol. The normalized spacial score (nSPS) is 11.3. The highest BCUT2D eigenvalue weighted by atomic mass is 32.1. The van der Waals surface area contributed by atoms with E-state index < -0.39 is 0 Å². The highest BCUT2D eigenvalue weighted by molar-refractivity contribution is 7.80. The number of thiocarbonyl (C=S) groups is 1. The van der Waals surface area contributed by atoms with Crippen LogP contribution in [0.2, 0.25) is 0 Å². The molecule has 2 aromatic rings. The quantitative estimate of drug-likeness (QED) is 0.747. The summed E-state index contributed by atoms with van der Waals surface area (Å²) in [5.74, 6) is 2.13. The molecule has 0 saturated heterocycles. The maximum Gasteiger partial charge on any atom is 0.213 e. The first-order valence-electron chi connectivity index (χ1n) is 7.45. The van der Waals surface area contributed by atoms with Crippen LogP contribution in [0.5, 0.6) is 17.4 Å². The van der Waals surface area contributed by atoms with Crippen LogP contribution in [0.1, 0.15) is 6.92 Å². The van der Waals surface area contributed by atoms with Crippen LogP contribution in [-0.2, 0) is 0 Å². The topological polar surface area (TPSA) is 64.6 Å².